The molecule has 152 valence electrons. The smallest absolute Gasteiger partial charge is 0.264 e. The maximum atomic E-state index is 12.5. The van der Waals surface area contributed by atoms with Gasteiger partial charge in [-0.3, -0.25) is 9.59 Å². The summed E-state index contributed by atoms with van der Waals surface area (Å²) in [5, 5.41) is 19.0. The van der Waals surface area contributed by atoms with Crippen molar-refractivity contribution in [2.24, 2.45) is 5.73 Å². The molecule has 1 heterocycles. The van der Waals surface area contributed by atoms with Crippen molar-refractivity contribution >= 4 is 5.91 Å². The zero-order chi connectivity index (χ0) is 21.0. The molecular weight excluding hydrogens is 366 g/mol. The first kappa shape index (κ1) is 20.7. The molecule has 3 rings (SSSR count). The number of benzene rings is 1. The molecule has 0 bridgehead atoms. The van der Waals surface area contributed by atoms with Gasteiger partial charge in [-0.05, 0) is 29.9 Å². The maximum absolute atomic E-state index is 12.5. The number of nitrogens with zero attached hydrogens (tertiary/aromatic N) is 2. The summed E-state index contributed by atoms with van der Waals surface area (Å²) >= 11 is 0. The Kier molecular flexibility index (Phi) is 6.14. The van der Waals surface area contributed by atoms with E-state index < -0.39 is 11.6 Å². The fourth-order valence-corrected chi connectivity index (χ4v) is 3.79. The first-order valence-corrected chi connectivity index (χ1v) is 10.0. The van der Waals surface area contributed by atoms with Gasteiger partial charge in [-0.1, -0.05) is 51.0 Å². The molecule has 4 N–H and O–H groups in total. The molecule has 7 heteroatoms. The highest BCUT2D eigenvalue weighted by Crippen LogP contribution is 2.28. The third-order valence-corrected chi connectivity index (χ3v) is 5.54. The van der Waals surface area contributed by atoms with Gasteiger partial charge in [0, 0.05) is 18.1 Å². The van der Waals surface area contributed by atoms with Crippen LogP contribution in [0.3, 0.4) is 0 Å². The topological polar surface area (TPSA) is 125 Å². The molecule has 0 saturated heterocycles. The number of H-pyrrole nitrogens is 1. The van der Waals surface area contributed by atoms with Crippen LogP contribution in [0.25, 0.3) is 11.3 Å². The Morgan fingerprint density at radius 3 is 2.55 bits per heavy atom. The highest BCUT2D eigenvalue weighted by Gasteiger charge is 2.37. The zero-order valence-electron chi connectivity index (χ0n) is 16.9. The lowest BCUT2D eigenvalue weighted by atomic mass is 9.95. The van der Waals surface area contributed by atoms with Crippen molar-refractivity contribution in [1.29, 1.82) is 5.26 Å². The fourth-order valence-electron chi connectivity index (χ4n) is 3.79. The van der Waals surface area contributed by atoms with Crippen LogP contribution in [0.1, 0.15) is 56.6 Å². The van der Waals surface area contributed by atoms with Crippen molar-refractivity contribution in [3.05, 3.63) is 51.8 Å². The number of nitrogens with one attached hydrogen (secondary N) is 2. The number of hydrogen-bond donors (Lipinski definition) is 3. The van der Waals surface area contributed by atoms with Gasteiger partial charge < -0.3 is 11.1 Å². The summed E-state index contributed by atoms with van der Waals surface area (Å²) < 4.78 is 0. The Bertz CT molecular complexity index is 966. The van der Waals surface area contributed by atoms with Gasteiger partial charge in [-0.15, -0.1) is 0 Å². The highest BCUT2D eigenvalue weighted by molar-refractivity contribution is 5.86. The van der Waals surface area contributed by atoms with Crippen LogP contribution < -0.4 is 16.6 Å². The standard InChI is InChI=1S/C22H27N5O2/c1-14(2)18-12-19(28)26-27-20(18)16-7-5-15(6-8-16)11-17(13-23)25-21(29)22(24)9-3-4-10-22/h5-8,12,14,17H,3-4,9-11,24H2,1-2H3,(H,25,29)(H,26,28)/t17-/m0/s1. The van der Waals surface area contributed by atoms with Crippen molar-refractivity contribution < 1.29 is 4.79 Å². The van der Waals surface area contributed by atoms with Gasteiger partial charge in [0.25, 0.3) is 5.56 Å². The number of amides is 1. The second-order valence-corrected chi connectivity index (χ2v) is 8.11. The van der Waals surface area contributed by atoms with Crippen LogP contribution >= 0.6 is 0 Å². The number of nitriles is 1. The van der Waals surface area contributed by atoms with Crippen LogP contribution in [0.4, 0.5) is 0 Å². The Morgan fingerprint density at radius 2 is 1.97 bits per heavy atom. The van der Waals surface area contributed by atoms with Crippen LogP contribution in [0.2, 0.25) is 0 Å². The van der Waals surface area contributed by atoms with Crippen molar-refractivity contribution in [3.63, 3.8) is 0 Å². The number of aromatic amines is 1. The maximum Gasteiger partial charge on any atom is 0.264 e. The van der Waals surface area contributed by atoms with Crippen LogP contribution in [-0.4, -0.2) is 27.7 Å². The van der Waals surface area contributed by atoms with Crippen molar-refractivity contribution in [1.82, 2.24) is 15.5 Å². The third-order valence-electron chi connectivity index (χ3n) is 5.54. The molecule has 1 atom stereocenters. The molecule has 2 aromatic rings. The van der Waals surface area contributed by atoms with E-state index in [2.05, 4.69) is 21.6 Å². The summed E-state index contributed by atoms with van der Waals surface area (Å²) in [6.45, 7) is 4.03. The molecule has 1 amide bonds. The van der Waals surface area contributed by atoms with Crippen LogP contribution in [-0.2, 0) is 11.2 Å². The monoisotopic (exact) mass is 393 g/mol. The van der Waals surface area contributed by atoms with Crippen LogP contribution in [0.15, 0.2) is 35.1 Å². The highest BCUT2D eigenvalue weighted by atomic mass is 16.2. The Hall–Kier alpha value is -2.98. The molecular formula is C22H27N5O2. The summed E-state index contributed by atoms with van der Waals surface area (Å²) in [5.41, 5.74) is 8.55. The molecule has 0 radical (unpaired) electrons. The summed E-state index contributed by atoms with van der Waals surface area (Å²) in [6, 6.07) is 10.8. The summed E-state index contributed by atoms with van der Waals surface area (Å²) in [7, 11) is 0. The molecule has 0 spiro atoms. The van der Waals surface area contributed by atoms with E-state index in [1.54, 1.807) is 6.07 Å². The van der Waals surface area contributed by atoms with Gasteiger partial charge >= 0.3 is 0 Å². The number of aromatic nitrogens is 2. The van der Waals surface area contributed by atoms with Gasteiger partial charge in [0.2, 0.25) is 5.91 Å². The largest absolute Gasteiger partial charge is 0.338 e. The number of carbonyl (C=O) groups excluding carboxylic acids is 1. The molecule has 1 aliphatic carbocycles. The minimum Gasteiger partial charge on any atom is -0.338 e. The molecule has 1 fully saturated rings. The zero-order valence-corrected chi connectivity index (χ0v) is 16.9. The van der Waals surface area contributed by atoms with E-state index >= 15 is 0 Å². The van der Waals surface area contributed by atoms with Crippen LogP contribution in [0.5, 0.6) is 0 Å². The second-order valence-electron chi connectivity index (χ2n) is 8.11. The van der Waals surface area contributed by atoms with E-state index in [1.165, 1.54) is 0 Å². The first-order chi connectivity index (χ1) is 13.8. The third kappa shape index (κ3) is 4.72. The van der Waals surface area contributed by atoms with E-state index in [0.717, 1.165) is 35.2 Å². The lowest BCUT2D eigenvalue weighted by Crippen LogP contribution is -2.54. The minimum atomic E-state index is -0.845. The SMILES string of the molecule is CC(C)c1cc(=O)[nH]nc1-c1ccc(C[C@@H](C#N)NC(=O)C2(N)CCCC2)cc1. The van der Waals surface area contributed by atoms with Crippen molar-refractivity contribution in [2.75, 3.05) is 0 Å². The lowest BCUT2D eigenvalue weighted by Gasteiger charge is -2.24. The number of rotatable bonds is 6. The Labute approximate surface area is 170 Å². The molecule has 1 aliphatic rings. The number of carbonyl (C=O) groups is 1. The Morgan fingerprint density at radius 1 is 1.31 bits per heavy atom. The molecule has 1 saturated carbocycles. The molecule has 7 nitrogen and oxygen atoms in total. The predicted molar refractivity (Wildman–Crippen MR) is 111 cm³/mol. The average Bonchev–Trinajstić information content (AvgIpc) is 3.16. The quantitative estimate of drug-likeness (QED) is 0.695. The predicted octanol–water partition coefficient (Wildman–Crippen LogP) is 2.38. The van der Waals surface area contributed by atoms with Gasteiger partial charge in [0.1, 0.15) is 6.04 Å². The molecule has 0 unspecified atom stereocenters. The van der Waals surface area contributed by atoms with E-state index in [9.17, 15) is 14.9 Å². The lowest BCUT2D eigenvalue weighted by molar-refractivity contribution is -0.126. The van der Waals surface area contributed by atoms with Crippen molar-refractivity contribution in [3.8, 4) is 17.3 Å². The fraction of sp³-hybridized carbons (Fsp3) is 0.455. The first-order valence-electron chi connectivity index (χ1n) is 10.0. The van der Waals surface area contributed by atoms with Crippen molar-refractivity contribution in [2.45, 2.75) is 63.5 Å². The van der Waals surface area contributed by atoms with Gasteiger partial charge in [-0.25, -0.2) is 5.10 Å². The van der Waals surface area contributed by atoms with E-state index in [-0.39, 0.29) is 17.4 Å². The average molecular weight is 393 g/mol. The number of nitrogens with two attached hydrogens (primary N) is 1. The summed E-state index contributed by atoms with van der Waals surface area (Å²) in [5.74, 6) is -0.0750. The Balaban J connectivity index is 1.72. The molecule has 1 aromatic heterocycles. The van der Waals surface area contributed by atoms with Crippen LogP contribution in [0, 0.1) is 11.3 Å². The summed E-state index contributed by atoms with van der Waals surface area (Å²) in [4.78, 5) is 24.1. The van der Waals surface area contributed by atoms with E-state index in [1.807, 2.05) is 38.1 Å². The molecule has 0 aliphatic heterocycles. The van der Waals surface area contributed by atoms with Gasteiger partial charge in [0.15, 0.2) is 0 Å². The normalized spacial score (nSPS) is 16.4. The minimum absolute atomic E-state index is 0.164. The number of hydrogen-bond acceptors (Lipinski definition) is 5. The molecule has 29 heavy (non-hydrogen) atoms. The molecule has 1 aromatic carbocycles. The second kappa shape index (κ2) is 8.58. The summed E-state index contributed by atoms with van der Waals surface area (Å²) in [6.07, 6.45) is 3.61. The van der Waals surface area contributed by atoms with Gasteiger partial charge in [0.05, 0.1) is 17.3 Å². The van der Waals surface area contributed by atoms with Gasteiger partial charge in [-0.2, -0.15) is 10.4 Å². The van der Waals surface area contributed by atoms with E-state index in [4.69, 9.17) is 5.73 Å². The van der Waals surface area contributed by atoms with E-state index in [0.29, 0.717) is 19.3 Å².